The van der Waals surface area contributed by atoms with Crippen LogP contribution in [0.4, 0.5) is 11.6 Å². The Morgan fingerprint density at radius 1 is 1.39 bits per heavy atom. The zero-order chi connectivity index (χ0) is 13.7. The van der Waals surface area contributed by atoms with E-state index < -0.39 is 11.9 Å². The molecule has 0 fully saturated rings. The Bertz CT molecular complexity index is 398. The summed E-state index contributed by atoms with van der Waals surface area (Å²) in [5, 5.41) is 3.01. The molecule has 1 rings (SSSR count). The fourth-order valence-corrected chi connectivity index (χ4v) is 1.53. The number of aromatic nitrogens is 2. The second-order valence-corrected chi connectivity index (χ2v) is 4.32. The number of primary amides is 1. The van der Waals surface area contributed by atoms with Crippen LogP contribution in [0.2, 0.25) is 0 Å². The molecule has 7 nitrogen and oxygen atoms in total. The number of nitrogens with one attached hydrogen (secondary N) is 2. The summed E-state index contributed by atoms with van der Waals surface area (Å²) >= 11 is 0. The van der Waals surface area contributed by atoms with Crippen LogP contribution in [0.1, 0.15) is 26.6 Å². The number of carbonyl (C=O) groups is 1. The molecule has 0 bridgehead atoms. The zero-order valence-electron chi connectivity index (χ0n) is 10.9. The largest absolute Gasteiger partial charge is 0.368 e. The third kappa shape index (κ3) is 3.56. The van der Waals surface area contributed by atoms with Crippen molar-refractivity contribution in [3.8, 4) is 0 Å². The summed E-state index contributed by atoms with van der Waals surface area (Å²) in [5.74, 6) is 6.66. The van der Waals surface area contributed by atoms with E-state index in [-0.39, 0.29) is 5.92 Å². The first kappa shape index (κ1) is 14.2. The predicted octanol–water partition coefficient (Wildman–Crippen LogP) is 0.246. The van der Waals surface area contributed by atoms with Gasteiger partial charge in [0.25, 0.3) is 0 Å². The van der Waals surface area contributed by atoms with E-state index in [2.05, 4.69) is 20.7 Å². The van der Waals surface area contributed by atoms with Gasteiger partial charge in [-0.25, -0.2) is 15.8 Å². The monoisotopic (exact) mass is 252 g/mol. The fraction of sp³-hybridized carbons (Fsp3) is 0.545. The Labute approximate surface area is 106 Å². The highest BCUT2D eigenvalue weighted by atomic mass is 16.1. The molecule has 0 aliphatic heterocycles. The van der Waals surface area contributed by atoms with Crippen LogP contribution in [-0.4, -0.2) is 21.9 Å². The highest BCUT2D eigenvalue weighted by Gasteiger charge is 2.20. The van der Waals surface area contributed by atoms with Crippen molar-refractivity contribution in [2.75, 3.05) is 10.7 Å². The predicted molar refractivity (Wildman–Crippen MR) is 70.7 cm³/mol. The number of hydrogen-bond acceptors (Lipinski definition) is 6. The van der Waals surface area contributed by atoms with E-state index in [0.717, 1.165) is 0 Å². The maximum atomic E-state index is 11.3. The first-order valence-corrected chi connectivity index (χ1v) is 5.88. The molecule has 0 aliphatic rings. The van der Waals surface area contributed by atoms with Crippen molar-refractivity contribution in [1.29, 1.82) is 0 Å². The number of amides is 1. The van der Waals surface area contributed by atoms with Crippen LogP contribution < -0.4 is 22.3 Å². The maximum Gasteiger partial charge on any atom is 0.240 e. The molecule has 1 aromatic rings. The van der Waals surface area contributed by atoms with Gasteiger partial charge in [-0.15, -0.1) is 0 Å². The molecule has 0 saturated heterocycles. The van der Waals surface area contributed by atoms with Gasteiger partial charge in [0, 0.05) is 12.5 Å². The number of hydrogen-bond donors (Lipinski definition) is 4. The lowest BCUT2D eigenvalue weighted by atomic mass is 10.0. The molecule has 18 heavy (non-hydrogen) atoms. The van der Waals surface area contributed by atoms with Crippen LogP contribution in [0.5, 0.6) is 0 Å². The van der Waals surface area contributed by atoms with E-state index in [1.165, 1.54) is 0 Å². The summed E-state index contributed by atoms with van der Waals surface area (Å²) < 4.78 is 0. The molecular weight excluding hydrogens is 232 g/mol. The van der Waals surface area contributed by atoms with Crippen LogP contribution in [0, 0.1) is 5.92 Å². The molecule has 0 spiro atoms. The molecule has 0 aliphatic carbocycles. The second-order valence-electron chi connectivity index (χ2n) is 4.32. The number of hydrazine groups is 1. The molecule has 1 unspecified atom stereocenters. The number of carbonyl (C=O) groups excluding carboxylic acids is 1. The third-order valence-corrected chi connectivity index (χ3v) is 2.51. The van der Waals surface area contributed by atoms with Crippen LogP contribution in [0.3, 0.4) is 0 Å². The summed E-state index contributed by atoms with van der Waals surface area (Å²) in [6.07, 6.45) is 0.674. The Hall–Kier alpha value is -1.89. The summed E-state index contributed by atoms with van der Waals surface area (Å²) in [4.78, 5) is 19.8. The molecule has 6 N–H and O–H groups in total. The molecule has 0 saturated carbocycles. The Morgan fingerprint density at radius 2 is 2.00 bits per heavy atom. The average Bonchev–Trinajstić information content (AvgIpc) is 2.34. The van der Waals surface area contributed by atoms with Crippen LogP contribution in [0.15, 0.2) is 6.07 Å². The number of nitrogen functional groups attached to an aromatic ring is 1. The van der Waals surface area contributed by atoms with E-state index in [4.69, 9.17) is 11.6 Å². The van der Waals surface area contributed by atoms with Crippen molar-refractivity contribution in [3.05, 3.63) is 11.9 Å². The average molecular weight is 252 g/mol. The van der Waals surface area contributed by atoms with Gasteiger partial charge in [-0.05, 0) is 5.92 Å². The molecule has 1 amide bonds. The van der Waals surface area contributed by atoms with Crippen LogP contribution in [0.25, 0.3) is 0 Å². The van der Waals surface area contributed by atoms with Gasteiger partial charge in [-0.1, -0.05) is 20.8 Å². The smallest absolute Gasteiger partial charge is 0.240 e. The van der Waals surface area contributed by atoms with Gasteiger partial charge in [0.15, 0.2) is 0 Å². The van der Waals surface area contributed by atoms with Crippen molar-refractivity contribution in [2.45, 2.75) is 33.2 Å². The normalized spacial score (nSPS) is 12.3. The Morgan fingerprint density at radius 3 is 2.44 bits per heavy atom. The minimum absolute atomic E-state index is 0.0665. The lowest BCUT2D eigenvalue weighted by molar-refractivity contribution is -0.119. The molecule has 1 heterocycles. The SMILES string of the molecule is CCc1nc(NN)cc(NC(C(N)=O)C(C)C)n1. The molecule has 1 atom stereocenters. The third-order valence-electron chi connectivity index (χ3n) is 2.51. The zero-order valence-corrected chi connectivity index (χ0v) is 10.9. The molecule has 7 heteroatoms. The van der Waals surface area contributed by atoms with Crippen molar-refractivity contribution in [2.24, 2.45) is 17.5 Å². The topological polar surface area (TPSA) is 119 Å². The van der Waals surface area contributed by atoms with E-state index in [0.29, 0.717) is 23.9 Å². The standard InChI is InChI=1S/C11H20N6O/c1-4-7-14-8(5-9(15-7)17-13)16-10(6(2)3)11(12)18/h5-6,10H,4,13H2,1-3H3,(H2,12,18)(H2,14,15,16,17). The number of nitrogens with two attached hydrogens (primary N) is 2. The minimum Gasteiger partial charge on any atom is -0.368 e. The summed E-state index contributed by atoms with van der Waals surface area (Å²) in [6.45, 7) is 5.76. The molecule has 1 aromatic heterocycles. The number of rotatable bonds is 6. The van der Waals surface area contributed by atoms with E-state index in [1.54, 1.807) is 6.07 Å². The van der Waals surface area contributed by atoms with Gasteiger partial charge in [-0.3, -0.25) is 4.79 Å². The molecular formula is C11H20N6O. The Kier molecular flexibility index (Phi) is 4.85. The highest BCUT2D eigenvalue weighted by Crippen LogP contribution is 2.14. The lowest BCUT2D eigenvalue weighted by Gasteiger charge is -2.20. The van der Waals surface area contributed by atoms with Crippen LogP contribution >= 0.6 is 0 Å². The van der Waals surface area contributed by atoms with Crippen molar-refractivity contribution < 1.29 is 4.79 Å². The second kappa shape index (κ2) is 6.15. The first-order valence-electron chi connectivity index (χ1n) is 5.88. The van der Waals surface area contributed by atoms with Gasteiger partial charge in [0.2, 0.25) is 5.91 Å². The first-order chi connectivity index (χ1) is 8.47. The van der Waals surface area contributed by atoms with E-state index in [9.17, 15) is 4.79 Å². The Balaban J connectivity index is 2.98. The number of aryl methyl sites for hydroxylation is 1. The van der Waals surface area contributed by atoms with Crippen molar-refractivity contribution >= 4 is 17.5 Å². The minimum atomic E-state index is -0.477. The molecule has 0 radical (unpaired) electrons. The number of nitrogens with zero attached hydrogens (tertiary/aromatic N) is 2. The highest BCUT2D eigenvalue weighted by molar-refractivity contribution is 5.83. The van der Waals surface area contributed by atoms with E-state index in [1.807, 2.05) is 20.8 Å². The maximum absolute atomic E-state index is 11.3. The van der Waals surface area contributed by atoms with Crippen molar-refractivity contribution in [1.82, 2.24) is 9.97 Å². The van der Waals surface area contributed by atoms with Gasteiger partial charge >= 0.3 is 0 Å². The van der Waals surface area contributed by atoms with Crippen molar-refractivity contribution in [3.63, 3.8) is 0 Å². The molecule has 0 aromatic carbocycles. The lowest BCUT2D eigenvalue weighted by Crippen LogP contribution is -2.39. The van der Waals surface area contributed by atoms with E-state index >= 15 is 0 Å². The quantitative estimate of drug-likeness (QED) is 0.425. The summed E-state index contributed by atoms with van der Waals surface area (Å²) in [5.41, 5.74) is 7.81. The van der Waals surface area contributed by atoms with Crippen LogP contribution in [-0.2, 0) is 11.2 Å². The summed E-state index contributed by atoms with van der Waals surface area (Å²) in [7, 11) is 0. The van der Waals surface area contributed by atoms with Gasteiger partial charge < -0.3 is 16.5 Å². The van der Waals surface area contributed by atoms with Gasteiger partial charge in [-0.2, -0.15) is 0 Å². The molecule has 100 valence electrons. The van der Waals surface area contributed by atoms with Gasteiger partial charge in [0.1, 0.15) is 23.5 Å². The fourth-order valence-electron chi connectivity index (χ4n) is 1.53. The number of anilines is 2. The summed E-state index contributed by atoms with van der Waals surface area (Å²) in [6, 6.07) is 1.16. The van der Waals surface area contributed by atoms with Gasteiger partial charge in [0.05, 0.1) is 0 Å².